The Morgan fingerprint density at radius 1 is 1.41 bits per heavy atom. The lowest BCUT2D eigenvalue weighted by Crippen LogP contribution is -2.12. The molecule has 3 nitrogen and oxygen atoms in total. The van der Waals surface area contributed by atoms with Gasteiger partial charge in [-0.25, -0.2) is 0 Å². The first-order valence-electron chi connectivity index (χ1n) is 5.50. The molecule has 86 valence electrons. The summed E-state index contributed by atoms with van der Waals surface area (Å²) < 4.78 is 5.42. The fourth-order valence-electron chi connectivity index (χ4n) is 1.70. The van der Waals surface area contributed by atoms with Crippen LogP contribution >= 0.6 is 0 Å². The molecule has 3 heteroatoms. The summed E-state index contributed by atoms with van der Waals surface area (Å²) in [7, 11) is 0. The van der Waals surface area contributed by atoms with Crippen molar-refractivity contribution in [3.05, 3.63) is 53.6 Å². The highest BCUT2D eigenvalue weighted by Gasteiger charge is 2.18. The van der Waals surface area contributed by atoms with Gasteiger partial charge >= 0.3 is 0 Å². The molecule has 0 spiro atoms. The van der Waals surface area contributed by atoms with Gasteiger partial charge in [0.2, 0.25) is 0 Å². The average Bonchev–Trinajstić information content (AvgIpc) is 2.70. The van der Waals surface area contributed by atoms with E-state index in [0.29, 0.717) is 13.2 Å². The lowest BCUT2D eigenvalue weighted by atomic mass is 10.2. The lowest BCUT2D eigenvalue weighted by molar-refractivity contribution is 0.180. The van der Waals surface area contributed by atoms with Crippen molar-refractivity contribution in [3.63, 3.8) is 0 Å². The Balaban J connectivity index is 2.10. The van der Waals surface area contributed by atoms with Gasteiger partial charge in [-0.3, -0.25) is 0 Å². The molecule has 0 aromatic heterocycles. The number of hydrogen-bond donors (Lipinski definition) is 0. The maximum Gasteiger partial charge on any atom is 0.164 e. The molecule has 1 heterocycles. The molecular formula is C14H14N2O. The molecule has 0 radical (unpaired) electrons. The van der Waals surface area contributed by atoms with Gasteiger partial charge in [-0.2, -0.15) is 5.26 Å². The van der Waals surface area contributed by atoms with E-state index in [1.807, 2.05) is 54.4 Å². The third-order valence-electron chi connectivity index (χ3n) is 2.67. The van der Waals surface area contributed by atoms with E-state index in [-0.39, 0.29) is 0 Å². The fourth-order valence-corrected chi connectivity index (χ4v) is 1.70. The van der Waals surface area contributed by atoms with Crippen molar-refractivity contribution in [3.8, 4) is 6.07 Å². The first kappa shape index (κ1) is 11.3. The molecule has 17 heavy (non-hydrogen) atoms. The second-order valence-electron chi connectivity index (χ2n) is 3.81. The molecule has 2 rings (SSSR count). The minimum atomic E-state index is 0.380. The van der Waals surface area contributed by atoms with E-state index in [0.717, 1.165) is 17.0 Å². The minimum Gasteiger partial charge on any atom is -0.476 e. The summed E-state index contributed by atoms with van der Waals surface area (Å²) in [6.45, 7) is 2.38. The highest BCUT2D eigenvalue weighted by molar-refractivity contribution is 5.48. The zero-order chi connectivity index (χ0) is 12.1. The van der Waals surface area contributed by atoms with E-state index in [4.69, 9.17) is 10.00 Å². The van der Waals surface area contributed by atoms with Gasteiger partial charge in [-0.15, -0.1) is 0 Å². The zero-order valence-corrected chi connectivity index (χ0v) is 9.76. The van der Waals surface area contributed by atoms with Crippen LogP contribution in [0.2, 0.25) is 0 Å². The quantitative estimate of drug-likeness (QED) is 0.794. The summed E-state index contributed by atoms with van der Waals surface area (Å²) in [6.07, 6.45) is 4.35. The summed E-state index contributed by atoms with van der Waals surface area (Å²) in [4.78, 5) is 1.96. The number of benzene rings is 1. The van der Waals surface area contributed by atoms with Crippen molar-refractivity contribution >= 4 is 6.08 Å². The van der Waals surface area contributed by atoms with Gasteiger partial charge < -0.3 is 9.64 Å². The lowest BCUT2D eigenvalue weighted by Gasteiger charge is -2.12. The zero-order valence-electron chi connectivity index (χ0n) is 9.76. The summed E-state index contributed by atoms with van der Waals surface area (Å²) >= 11 is 0. The Hall–Kier alpha value is -2.21. The molecular weight excluding hydrogens is 212 g/mol. The second kappa shape index (κ2) is 5.22. The van der Waals surface area contributed by atoms with Crippen molar-refractivity contribution in [2.75, 3.05) is 6.73 Å². The molecule has 0 fully saturated rings. The Bertz CT molecular complexity index is 483. The Kier molecular flexibility index (Phi) is 3.46. The SMILES string of the molecule is CC1=C(CC#N)N(/C=C/c2ccccc2)CO1. The van der Waals surface area contributed by atoms with Crippen LogP contribution in [0.1, 0.15) is 18.9 Å². The van der Waals surface area contributed by atoms with Gasteiger partial charge in [0.1, 0.15) is 5.76 Å². The number of hydrogen-bond acceptors (Lipinski definition) is 3. The number of rotatable bonds is 3. The third-order valence-corrected chi connectivity index (χ3v) is 2.67. The molecule has 0 N–H and O–H groups in total. The maximum absolute atomic E-state index is 8.76. The monoisotopic (exact) mass is 226 g/mol. The third kappa shape index (κ3) is 2.67. The van der Waals surface area contributed by atoms with Gasteiger partial charge in [0.15, 0.2) is 6.73 Å². The van der Waals surface area contributed by atoms with E-state index in [1.54, 1.807) is 0 Å². The molecule has 0 bridgehead atoms. The van der Waals surface area contributed by atoms with E-state index < -0.39 is 0 Å². The minimum absolute atomic E-state index is 0.380. The number of nitriles is 1. The van der Waals surface area contributed by atoms with Crippen LogP contribution in [0.25, 0.3) is 6.08 Å². The Labute approximate surface area is 101 Å². The molecule has 1 aromatic carbocycles. The smallest absolute Gasteiger partial charge is 0.164 e. The molecule has 1 aliphatic rings. The van der Waals surface area contributed by atoms with Crippen LogP contribution in [0.5, 0.6) is 0 Å². The van der Waals surface area contributed by atoms with Crippen molar-refractivity contribution in [2.45, 2.75) is 13.3 Å². The van der Waals surface area contributed by atoms with Gasteiger partial charge in [0.25, 0.3) is 0 Å². The van der Waals surface area contributed by atoms with Crippen molar-refractivity contribution in [1.29, 1.82) is 5.26 Å². The van der Waals surface area contributed by atoms with Crippen molar-refractivity contribution < 1.29 is 4.74 Å². The molecule has 0 saturated heterocycles. The first-order valence-corrected chi connectivity index (χ1v) is 5.50. The summed E-state index contributed by atoms with van der Waals surface area (Å²) in [6, 6.07) is 12.2. The first-order chi connectivity index (χ1) is 8.31. The van der Waals surface area contributed by atoms with Crippen LogP contribution in [0.4, 0.5) is 0 Å². The van der Waals surface area contributed by atoms with Crippen LogP contribution < -0.4 is 0 Å². The highest BCUT2D eigenvalue weighted by atomic mass is 16.5. The predicted octanol–water partition coefficient (Wildman–Crippen LogP) is 3.09. The average molecular weight is 226 g/mol. The number of allylic oxidation sites excluding steroid dienone is 2. The van der Waals surface area contributed by atoms with Crippen LogP contribution in [-0.2, 0) is 4.74 Å². The normalized spacial score (nSPS) is 15.2. The summed E-state index contributed by atoms with van der Waals surface area (Å²) in [5.74, 6) is 0.837. The van der Waals surface area contributed by atoms with Crippen LogP contribution in [0.15, 0.2) is 48.0 Å². The van der Waals surface area contributed by atoms with Gasteiger partial charge in [0.05, 0.1) is 18.2 Å². The second-order valence-corrected chi connectivity index (χ2v) is 3.81. The van der Waals surface area contributed by atoms with Crippen molar-refractivity contribution in [1.82, 2.24) is 4.90 Å². The van der Waals surface area contributed by atoms with Crippen LogP contribution in [-0.4, -0.2) is 11.6 Å². The molecule has 0 amide bonds. The highest BCUT2D eigenvalue weighted by Crippen LogP contribution is 2.23. The van der Waals surface area contributed by atoms with Crippen LogP contribution in [0, 0.1) is 11.3 Å². The van der Waals surface area contributed by atoms with Gasteiger partial charge in [-0.05, 0) is 18.6 Å². The molecule has 0 atom stereocenters. The predicted molar refractivity (Wildman–Crippen MR) is 66.2 cm³/mol. The summed E-state index contributed by atoms with van der Waals surface area (Å²) in [5.41, 5.74) is 2.08. The topological polar surface area (TPSA) is 36.3 Å². The van der Waals surface area contributed by atoms with Crippen molar-refractivity contribution in [2.24, 2.45) is 0 Å². The fraction of sp³-hybridized carbons (Fsp3) is 0.214. The Morgan fingerprint density at radius 2 is 2.18 bits per heavy atom. The van der Waals surface area contributed by atoms with E-state index in [9.17, 15) is 0 Å². The summed E-state index contributed by atoms with van der Waals surface area (Å²) in [5, 5.41) is 8.76. The van der Waals surface area contributed by atoms with E-state index in [2.05, 4.69) is 6.07 Å². The number of ether oxygens (including phenoxy) is 1. The van der Waals surface area contributed by atoms with E-state index in [1.165, 1.54) is 0 Å². The van der Waals surface area contributed by atoms with E-state index >= 15 is 0 Å². The standard InChI is InChI=1S/C14H14N2O/c1-12-14(7-9-15)16(11-17-12)10-8-13-5-3-2-4-6-13/h2-6,8,10H,7,11H2,1H3/b10-8+. The molecule has 0 unspecified atom stereocenters. The Morgan fingerprint density at radius 3 is 2.88 bits per heavy atom. The molecule has 1 aromatic rings. The largest absolute Gasteiger partial charge is 0.476 e. The molecule has 1 aliphatic heterocycles. The maximum atomic E-state index is 8.76. The van der Waals surface area contributed by atoms with Gasteiger partial charge in [0, 0.05) is 6.20 Å². The number of nitrogens with zero attached hydrogens (tertiary/aromatic N) is 2. The molecule has 0 saturated carbocycles. The van der Waals surface area contributed by atoms with Gasteiger partial charge in [-0.1, -0.05) is 30.3 Å². The molecule has 0 aliphatic carbocycles. The van der Waals surface area contributed by atoms with Crippen LogP contribution in [0.3, 0.4) is 0 Å².